The number of hydrogen-bond donors (Lipinski definition) is 1. The molecule has 0 amide bonds. The number of aliphatic carboxylic acids is 1. The van der Waals surface area contributed by atoms with Gasteiger partial charge in [-0.05, 0) is 20.8 Å². The van der Waals surface area contributed by atoms with Gasteiger partial charge in [-0.2, -0.15) is 0 Å². The van der Waals surface area contributed by atoms with Crippen LogP contribution in [0.25, 0.3) is 0 Å². The molecule has 0 bridgehead atoms. The van der Waals surface area contributed by atoms with Crippen LogP contribution in [-0.4, -0.2) is 32.2 Å². The first-order valence-electron chi connectivity index (χ1n) is 3.92. The van der Waals surface area contributed by atoms with E-state index in [9.17, 15) is 9.70 Å². The van der Waals surface area contributed by atoms with Crippen molar-refractivity contribution in [1.29, 1.82) is 0 Å². The predicted molar refractivity (Wildman–Crippen MR) is 50.2 cm³/mol. The molecule has 0 aliphatic carbocycles. The Morgan fingerprint density at radius 3 is 2.46 bits per heavy atom. The third kappa shape index (κ3) is 1.63. The third-order valence-electron chi connectivity index (χ3n) is 2.10. The molecule has 0 radical (unpaired) electrons. The molecule has 2 unspecified atom stereocenters. The molecule has 0 aromatic heterocycles. The monoisotopic (exact) mass is 204 g/mol. The maximum Gasteiger partial charge on any atom is 0.329 e. The largest absolute Gasteiger partial charge is 0.480 e. The molecule has 6 heteroatoms. The van der Waals surface area contributed by atoms with Crippen LogP contribution in [0.1, 0.15) is 20.8 Å². The second-order valence-corrected chi connectivity index (χ2v) is 5.49. The summed E-state index contributed by atoms with van der Waals surface area (Å²) in [6.07, 6.45) is 0. The number of thioether (sulfide) groups is 1. The van der Waals surface area contributed by atoms with E-state index >= 15 is 0 Å². The van der Waals surface area contributed by atoms with Gasteiger partial charge in [0.15, 0.2) is 6.04 Å². The van der Waals surface area contributed by atoms with E-state index in [0.717, 1.165) is 5.01 Å². The summed E-state index contributed by atoms with van der Waals surface area (Å²) >= 11 is 1.44. The van der Waals surface area contributed by atoms with Gasteiger partial charge >= 0.3 is 5.97 Å². The molecule has 74 valence electrons. The zero-order chi connectivity index (χ0) is 10.2. The SMILES string of the molecule is CC1SC(C)(C)C(C(=O)O)N1N=O. The summed E-state index contributed by atoms with van der Waals surface area (Å²) in [6.45, 7) is 5.38. The molecule has 2 atom stereocenters. The van der Waals surface area contributed by atoms with E-state index < -0.39 is 16.8 Å². The highest BCUT2D eigenvalue weighted by Gasteiger charge is 2.50. The number of carbonyl (C=O) groups is 1. The van der Waals surface area contributed by atoms with E-state index in [2.05, 4.69) is 5.29 Å². The molecule has 1 N–H and O–H groups in total. The zero-order valence-electron chi connectivity index (χ0n) is 7.72. The summed E-state index contributed by atoms with van der Waals surface area (Å²) in [4.78, 5) is 21.3. The van der Waals surface area contributed by atoms with Crippen molar-refractivity contribution in [2.24, 2.45) is 5.29 Å². The maximum atomic E-state index is 10.9. The average Bonchev–Trinajstić information content (AvgIpc) is 2.19. The fourth-order valence-electron chi connectivity index (χ4n) is 1.61. The van der Waals surface area contributed by atoms with Gasteiger partial charge in [-0.1, -0.05) is 0 Å². The fraction of sp³-hybridized carbons (Fsp3) is 0.857. The molecule has 0 spiro atoms. The van der Waals surface area contributed by atoms with Crippen LogP contribution < -0.4 is 0 Å². The lowest BCUT2D eigenvalue weighted by molar-refractivity contribution is -0.143. The minimum absolute atomic E-state index is 0.173. The molecule has 1 fully saturated rings. The number of carboxylic acid groups (broad SMARTS) is 1. The molecule has 1 aliphatic rings. The van der Waals surface area contributed by atoms with Crippen LogP contribution >= 0.6 is 11.8 Å². The van der Waals surface area contributed by atoms with Crippen molar-refractivity contribution in [3.05, 3.63) is 4.91 Å². The van der Waals surface area contributed by atoms with Crippen LogP contribution in [0.5, 0.6) is 0 Å². The van der Waals surface area contributed by atoms with Crippen molar-refractivity contribution in [3.63, 3.8) is 0 Å². The van der Waals surface area contributed by atoms with Crippen LogP contribution in [0.3, 0.4) is 0 Å². The van der Waals surface area contributed by atoms with Gasteiger partial charge in [0.1, 0.15) is 0 Å². The predicted octanol–water partition coefficient (Wildman–Crippen LogP) is 1.29. The van der Waals surface area contributed by atoms with Gasteiger partial charge in [-0.15, -0.1) is 16.7 Å². The Kier molecular flexibility index (Phi) is 2.51. The highest BCUT2D eigenvalue weighted by atomic mass is 32.2. The molecule has 1 rings (SSSR count). The Morgan fingerprint density at radius 1 is 1.62 bits per heavy atom. The summed E-state index contributed by atoms with van der Waals surface area (Å²) < 4.78 is -0.473. The van der Waals surface area contributed by atoms with Crippen LogP contribution in [0.4, 0.5) is 0 Å². The fourth-order valence-corrected chi connectivity index (χ4v) is 3.10. The zero-order valence-corrected chi connectivity index (χ0v) is 8.54. The summed E-state index contributed by atoms with van der Waals surface area (Å²) in [6, 6.07) is -0.829. The maximum absolute atomic E-state index is 10.9. The van der Waals surface area contributed by atoms with E-state index in [0.29, 0.717) is 0 Å². The minimum Gasteiger partial charge on any atom is -0.480 e. The van der Waals surface area contributed by atoms with E-state index in [1.165, 1.54) is 11.8 Å². The topological polar surface area (TPSA) is 70.0 Å². The van der Waals surface area contributed by atoms with Gasteiger partial charge in [0.05, 0.1) is 10.7 Å². The van der Waals surface area contributed by atoms with Crippen molar-refractivity contribution in [1.82, 2.24) is 5.01 Å². The molecule has 0 aromatic carbocycles. The number of carboxylic acids is 1. The summed E-state index contributed by atoms with van der Waals surface area (Å²) in [5.74, 6) is -0.999. The highest BCUT2D eigenvalue weighted by molar-refractivity contribution is 8.01. The molecule has 5 nitrogen and oxygen atoms in total. The Labute approximate surface area is 80.4 Å². The minimum atomic E-state index is -0.999. The molecule has 0 aromatic rings. The summed E-state index contributed by atoms with van der Waals surface area (Å²) in [7, 11) is 0. The molecule has 0 saturated carbocycles. The quantitative estimate of drug-likeness (QED) is 0.686. The third-order valence-corrected chi connectivity index (χ3v) is 3.49. The smallest absolute Gasteiger partial charge is 0.329 e. The molecule has 1 saturated heterocycles. The lowest BCUT2D eigenvalue weighted by Gasteiger charge is -2.23. The van der Waals surface area contributed by atoms with E-state index in [1.54, 1.807) is 20.8 Å². The van der Waals surface area contributed by atoms with Crippen LogP contribution in [0.2, 0.25) is 0 Å². The Bertz CT molecular complexity index is 244. The van der Waals surface area contributed by atoms with Crippen molar-refractivity contribution in [3.8, 4) is 0 Å². The Balaban J connectivity index is 2.98. The van der Waals surface area contributed by atoms with Crippen molar-refractivity contribution < 1.29 is 9.90 Å². The normalized spacial score (nSPS) is 31.8. The average molecular weight is 204 g/mol. The van der Waals surface area contributed by atoms with Gasteiger partial charge < -0.3 is 5.11 Å². The van der Waals surface area contributed by atoms with Gasteiger partial charge in [0, 0.05) is 4.75 Å². The first kappa shape index (κ1) is 10.3. The lowest BCUT2D eigenvalue weighted by atomic mass is 10.0. The highest BCUT2D eigenvalue weighted by Crippen LogP contribution is 2.44. The van der Waals surface area contributed by atoms with Gasteiger partial charge in [0.2, 0.25) is 0 Å². The molecule has 1 aliphatic heterocycles. The summed E-state index contributed by atoms with van der Waals surface area (Å²) in [5.41, 5.74) is 0. The number of nitroso groups, excluding NO2 is 1. The van der Waals surface area contributed by atoms with Crippen LogP contribution in [0.15, 0.2) is 5.29 Å². The van der Waals surface area contributed by atoms with Gasteiger partial charge in [-0.25, -0.2) is 9.80 Å². The van der Waals surface area contributed by atoms with E-state index in [-0.39, 0.29) is 5.37 Å². The van der Waals surface area contributed by atoms with Crippen LogP contribution in [-0.2, 0) is 4.79 Å². The Hall–Kier alpha value is -0.780. The van der Waals surface area contributed by atoms with Gasteiger partial charge in [-0.3, -0.25) is 0 Å². The lowest BCUT2D eigenvalue weighted by Crippen LogP contribution is -2.44. The standard InChI is InChI=1S/C7H12N2O3S/c1-4-9(8-12)5(6(10)11)7(2,3)13-4/h4-5H,1-3H3,(H,10,11). The number of nitrogens with zero attached hydrogens (tertiary/aromatic N) is 2. The first-order chi connectivity index (χ1) is 5.90. The van der Waals surface area contributed by atoms with Gasteiger partial charge in [0.25, 0.3) is 0 Å². The van der Waals surface area contributed by atoms with E-state index in [1.807, 2.05) is 0 Å². The van der Waals surface area contributed by atoms with Crippen LogP contribution in [0, 0.1) is 4.91 Å². The Morgan fingerprint density at radius 2 is 2.15 bits per heavy atom. The van der Waals surface area contributed by atoms with Crippen molar-refractivity contribution in [2.45, 2.75) is 36.9 Å². The molecule has 1 heterocycles. The second kappa shape index (κ2) is 3.17. The second-order valence-electron chi connectivity index (χ2n) is 3.52. The number of rotatable bonds is 2. The van der Waals surface area contributed by atoms with Crippen molar-refractivity contribution in [2.75, 3.05) is 0 Å². The molecular formula is C7H12N2O3S. The number of hydrogen-bond acceptors (Lipinski definition) is 4. The van der Waals surface area contributed by atoms with E-state index in [4.69, 9.17) is 5.11 Å². The molecule has 13 heavy (non-hydrogen) atoms. The first-order valence-corrected chi connectivity index (χ1v) is 4.80. The molecular weight excluding hydrogens is 192 g/mol. The summed E-state index contributed by atoms with van der Waals surface area (Å²) in [5, 5.41) is 12.6. The van der Waals surface area contributed by atoms with Crippen molar-refractivity contribution >= 4 is 17.7 Å².